The van der Waals surface area contributed by atoms with Gasteiger partial charge >= 0.3 is 0 Å². The number of nitriles is 1. The maximum Gasteiger partial charge on any atom is 0.277 e. The van der Waals surface area contributed by atoms with Crippen LogP contribution in [0.3, 0.4) is 0 Å². The van der Waals surface area contributed by atoms with Crippen molar-refractivity contribution in [3.63, 3.8) is 0 Å². The SMILES string of the molecule is Cc1nc(C)c(-c2nnc(SC(C)C(=O)N(CCC#N)c3ccccc3)o2)s1. The molecule has 2 aromatic heterocycles. The minimum Gasteiger partial charge on any atom is -0.410 e. The molecule has 2 heterocycles. The number of rotatable bonds is 7. The molecule has 0 spiro atoms. The summed E-state index contributed by atoms with van der Waals surface area (Å²) in [5, 5.41) is 17.9. The molecule has 9 heteroatoms. The number of hydrogen-bond donors (Lipinski definition) is 0. The van der Waals surface area contributed by atoms with E-state index >= 15 is 0 Å². The van der Waals surface area contributed by atoms with Gasteiger partial charge in [0.15, 0.2) is 0 Å². The molecular weight excluding hydrogens is 394 g/mol. The maximum atomic E-state index is 13.0. The summed E-state index contributed by atoms with van der Waals surface area (Å²) in [5.41, 5.74) is 1.61. The number of benzene rings is 1. The molecule has 0 bridgehead atoms. The van der Waals surface area contributed by atoms with Crippen LogP contribution in [0.15, 0.2) is 40.0 Å². The van der Waals surface area contributed by atoms with Gasteiger partial charge in [-0.25, -0.2) is 4.98 Å². The number of thiazole rings is 1. The van der Waals surface area contributed by atoms with Crippen LogP contribution in [0, 0.1) is 25.2 Å². The van der Waals surface area contributed by atoms with Crippen LogP contribution < -0.4 is 4.90 Å². The molecule has 0 saturated carbocycles. The molecule has 1 unspecified atom stereocenters. The Morgan fingerprint density at radius 2 is 2.07 bits per heavy atom. The standard InChI is InChI=1S/C19H19N5O2S2/c1-12-16(28-14(3)21-12)17-22-23-19(26-17)27-13(2)18(25)24(11-7-10-20)15-8-5-4-6-9-15/h4-6,8-9,13H,7,11H2,1-3H3. The third-order valence-corrected chi connectivity index (χ3v) is 5.89. The Bertz CT molecular complexity index is 993. The zero-order valence-electron chi connectivity index (χ0n) is 15.7. The van der Waals surface area contributed by atoms with E-state index in [-0.39, 0.29) is 12.3 Å². The van der Waals surface area contributed by atoms with Gasteiger partial charge in [0.2, 0.25) is 5.91 Å². The Labute approximate surface area is 171 Å². The van der Waals surface area contributed by atoms with Crippen molar-refractivity contribution in [2.45, 2.75) is 37.7 Å². The average Bonchev–Trinajstić information content (AvgIpc) is 3.28. The zero-order valence-corrected chi connectivity index (χ0v) is 17.4. The van der Waals surface area contributed by atoms with Crippen LogP contribution in [-0.4, -0.2) is 32.9 Å². The van der Waals surface area contributed by atoms with Gasteiger partial charge in [0.05, 0.1) is 28.4 Å². The molecule has 0 N–H and O–H groups in total. The Balaban J connectivity index is 1.74. The van der Waals surface area contributed by atoms with Crippen LogP contribution >= 0.6 is 23.1 Å². The molecule has 28 heavy (non-hydrogen) atoms. The van der Waals surface area contributed by atoms with Gasteiger partial charge in [0.1, 0.15) is 4.88 Å². The molecule has 0 saturated heterocycles. The number of amides is 1. The number of anilines is 1. The number of carbonyl (C=O) groups is 1. The molecule has 0 radical (unpaired) electrons. The van der Waals surface area contributed by atoms with Crippen molar-refractivity contribution >= 4 is 34.7 Å². The summed E-state index contributed by atoms with van der Waals surface area (Å²) >= 11 is 2.70. The fraction of sp³-hybridized carbons (Fsp3) is 0.316. The third kappa shape index (κ3) is 4.58. The number of aryl methyl sites for hydroxylation is 2. The zero-order chi connectivity index (χ0) is 20.1. The van der Waals surface area contributed by atoms with Crippen LogP contribution in [0.5, 0.6) is 0 Å². The van der Waals surface area contributed by atoms with E-state index in [1.807, 2.05) is 44.2 Å². The maximum absolute atomic E-state index is 13.0. The highest BCUT2D eigenvalue weighted by Crippen LogP contribution is 2.32. The van der Waals surface area contributed by atoms with Crippen molar-refractivity contribution in [2.24, 2.45) is 0 Å². The van der Waals surface area contributed by atoms with Gasteiger partial charge in [0.25, 0.3) is 11.1 Å². The summed E-state index contributed by atoms with van der Waals surface area (Å²) in [4.78, 5) is 19.8. The number of carbonyl (C=O) groups excluding carboxylic acids is 1. The Morgan fingerprint density at radius 3 is 2.71 bits per heavy atom. The minimum atomic E-state index is -0.448. The molecule has 7 nitrogen and oxygen atoms in total. The highest BCUT2D eigenvalue weighted by atomic mass is 32.2. The van der Waals surface area contributed by atoms with Gasteiger partial charge < -0.3 is 9.32 Å². The molecule has 0 aliphatic carbocycles. The predicted octanol–water partition coefficient (Wildman–Crippen LogP) is 4.24. The van der Waals surface area contributed by atoms with Crippen molar-refractivity contribution in [3.8, 4) is 16.8 Å². The Kier molecular flexibility index (Phi) is 6.44. The van der Waals surface area contributed by atoms with Crippen LogP contribution in [0.25, 0.3) is 10.8 Å². The fourth-order valence-corrected chi connectivity index (χ4v) is 4.22. The molecule has 0 aliphatic heterocycles. The Morgan fingerprint density at radius 1 is 1.32 bits per heavy atom. The van der Waals surface area contributed by atoms with Crippen LogP contribution in [0.1, 0.15) is 24.0 Å². The lowest BCUT2D eigenvalue weighted by Gasteiger charge is -2.24. The number of hydrogen-bond acceptors (Lipinski definition) is 8. The van der Waals surface area contributed by atoms with E-state index in [4.69, 9.17) is 9.68 Å². The monoisotopic (exact) mass is 413 g/mol. The number of aromatic nitrogens is 3. The summed E-state index contributed by atoms with van der Waals surface area (Å²) < 4.78 is 5.74. The Hall–Kier alpha value is -2.70. The van der Waals surface area contributed by atoms with E-state index in [0.29, 0.717) is 17.7 Å². The molecule has 3 aromatic rings. The van der Waals surface area contributed by atoms with Crippen molar-refractivity contribution in [2.75, 3.05) is 11.4 Å². The highest BCUT2D eigenvalue weighted by Gasteiger charge is 2.25. The van der Waals surface area contributed by atoms with Crippen molar-refractivity contribution in [1.29, 1.82) is 5.26 Å². The number of thioether (sulfide) groups is 1. The average molecular weight is 414 g/mol. The number of nitrogens with zero attached hydrogens (tertiary/aromatic N) is 5. The lowest BCUT2D eigenvalue weighted by Crippen LogP contribution is -2.37. The van der Waals surface area contributed by atoms with Crippen molar-refractivity contribution < 1.29 is 9.21 Å². The lowest BCUT2D eigenvalue weighted by atomic mass is 10.2. The lowest BCUT2D eigenvalue weighted by molar-refractivity contribution is -0.117. The topological polar surface area (TPSA) is 95.9 Å². The number of para-hydroxylation sites is 1. The van der Waals surface area contributed by atoms with Crippen LogP contribution in [-0.2, 0) is 4.79 Å². The minimum absolute atomic E-state index is 0.115. The summed E-state index contributed by atoms with van der Waals surface area (Å²) in [6.07, 6.45) is 0.257. The molecule has 1 aromatic carbocycles. The molecule has 1 atom stereocenters. The van der Waals surface area contributed by atoms with E-state index in [1.165, 1.54) is 23.1 Å². The molecule has 1 amide bonds. The van der Waals surface area contributed by atoms with Crippen LogP contribution in [0.2, 0.25) is 0 Å². The second-order valence-electron chi connectivity index (χ2n) is 6.01. The van der Waals surface area contributed by atoms with Gasteiger partial charge in [0, 0.05) is 12.2 Å². The van der Waals surface area contributed by atoms with Gasteiger partial charge in [-0.15, -0.1) is 21.5 Å². The van der Waals surface area contributed by atoms with Crippen molar-refractivity contribution in [1.82, 2.24) is 15.2 Å². The van der Waals surface area contributed by atoms with Gasteiger partial charge in [-0.1, -0.05) is 30.0 Å². The van der Waals surface area contributed by atoms with Crippen molar-refractivity contribution in [3.05, 3.63) is 41.0 Å². The molecular formula is C19H19N5O2S2. The molecule has 3 rings (SSSR count). The highest BCUT2D eigenvalue weighted by molar-refractivity contribution is 8.00. The first-order valence-electron chi connectivity index (χ1n) is 8.67. The first-order valence-corrected chi connectivity index (χ1v) is 10.4. The van der Waals surface area contributed by atoms with E-state index in [9.17, 15) is 4.79 Å². The summed E-state index contributed by atoms with van der Waals surface area (Å²) in [5.74, 6) is 0.297. The molecule has 0 fully saturated rings. The summed E-state index contributed by atoms with van der Waals surface area (Å²) in [6, 6.07) is 11.4. The normalized spacial score (nSPS) is 11.8. The second-order valence-corrected chi connectivity index (χ2v) is 8.51. The third-order valence-electron chi connectivity index (χ3n) is 3.91. The van der Waals surface area contributed by atoms with E-state index < -0.39 is 5.25 Å². The summed E-state index contributed by atoms with van der Waals surface area (Å²) in [7, 11) is 0. The van der Waals surface area contributed by atoms with Gasteiger partial charge in [-0.3, -0.25) is 4.79 Å². The fourth-order valence-electron chi connectivity index (χ4n) is 2.64. The van der Waals surface area contributed by atoms with Crippen LogP contribution in [0.4, 0.5) is 5.69 Å². The molecule has 0 aliphatic rings. The second kappa shape index (κ2) is 8.99. The molecule has 144 valence electrons. The first kappa shape index (κ1) is 20.0. The first-order chi connectivity index (χ1) is 13.5. The van der Waals surface area contributed by atoms with E-state index in [1.54, 1.807) is 11.8 Å². The predicted molar refractivity (Wildman–Crippen MR) is 109 cm³/mol. The quantitative estimate of drug-likeness (QED) is 0.535. The largest absolute Gasteiger partial charge is 0.410 e. The smallest absolute Gasteiger partial charge is 0.277 e. The van der Waals surface area contributed by atoms with E-state index in [0.717, 1.165) is 21.3 Å². The van der Waals surface area contributed by atoms with Gasteiger partial charge in [-0.2, -0.15) is 5.26 Å². The van der Waals surface area contributed by atoms with Gasteiger partial charge in [-0.05, 0) is 32.9 Å². The van der Waals surface area contributed by atoms with E-state index in [2.05, 4.69) is 21.3 Å². The summed E-state index contributed by atoms with van der Waals surface area (Å²) in [6.45, 7) is 5.95.